The molecule has 4 saturated carbocycles. The number of rotatable bonds is 17. The zero-order valence-corrected chi connectivity index (χ0v) is 65.9. The van der Waals surface area contributed by atoms with E-state index in [2.05, 4.69) is 0 Å². The summed E-state index contributed by atoms with van der Waals surface area (Å²) in [6, 6.07) is 36.9. The van der Waals surface area contributed by atoms with Crippen LogP contribution in [0.5, 0.6) is 0 Å². The SMILES string of the molecule is COC(=O)[C@@]1(c2cccc(F)c2C)CC[C@H](O)C1.COC(=O)[C@@]1(c2cccc(F)c2C)CC[C@H](OCc2ccc(F)cc2)C1.Cc1c(F)cccc1[C@]1(C(=O)NO)CC[C@H](OCc2ccc(F)cc2)C1.Cc1c(F)cccc1[C@]1(C(=O)O)CC[C@H](OCc2ccc(F)cc2)C1.S.S.S.S.S.S.S.S. The van der Waals surface area contributed by atoms with Crippen molar-refractivity contribution >= 4 is 132 Å². The number of ether oxygens (including phenoxy) is 5. The van der Waals surface area contributed by atoms with Gasteiger partial charge in [0.05, 0.1) is 80.1 Å². The lowest BCUT2D eigenvalue weighted by atomic mass is 9.76. The lowest BCUT2D eigenvalue weighted by Gasteiger charge is -2.29. The highest BCUT2D eigenvalue weighted by Crippen LogP contribution is 2.48. The Bertz CT molecular complexity index is 3710. The number of benzene rings is 7. The van der Waals surface area contributed by atoms with Gasteiger partial charge in [-0.05, 0) is 227 Å². The van der Waals surface area contributed by atoms with Gasteiger partial charge in [0.1, 0.15) is 40.7 Å². The standard InChI is InChI=1S/C21H22F2O3.C20H21F2NO3.C20H20F2O3.C14H17FO3.8H2S/c1-14-18(4-3-5-19(14)23)21(20(24)25-2)11-10-17(12-21)26-13-15-6-8-16(22)9-7-15;1-13-17(3-2-4-18(13)22)20(19(24)23-25)10-9-16(11-20)26-12-14-5-7-15(21)8-6-14;1-13-17(3-2-4-18(13)22)20(19(23)24)10-9-16(11-20)25-12-14-5-7-15(21)8-6-14;1-9-11(4-3-5-12(9)15)14(13(17)18-2)7-6-10(16)8-14;;;;;;;;/h3-9,17H,10-13H2,1-2H3;2-8,16,25H,9-12H2,1H3,(H,23,24);2-8,16H,9-12H2,1H3,(H,23,24);3-5,10,16H,6-8H2,1-2H3;8*1H2/t17-,21-;2*16-,20-;10-,14-;;;;;;;;/m0000......../s1. The van der Waals surface area contributed by atoms with Crippen LogP contribution in [0.4, 0.5) is 30.7 Å². The summed E-state index contributed by atoms with van der Waals surface area (Å²) >= 11 is 0. The summed E-state index contributed by atoms with van der Waals surface area (Å²) in [4.78, 5) is 49.2. The Morgan fingerprint density at radius 1 is 0.398 bits per heavy atom. The molecular formula is C75H96F7NO12S8. The van der Waals surface area contributed by atoms with Crippen molar-refractivity contribution in [3.8, 4) is 0 Å². The third-order valence-electron chi connectivity index (χ3n) is 19.3. The average molecular weight is 1590 g/mol. The number of carboxylic acid groups (broad SMARTS) is 1. The maximum atomic E-state index is 14.1. The first kappa shape index (κ1) is 97.5. The molecule has 4 fully saturated rings. The van der Waals surface area contributed by atoms with Gasteiger partial charge in [-0.15, -0.1) is 0 Å². The Morgan fingerprint density at radius 2 is 0.660 bits per heavy atom. The van der Waals surface area contributed by atoms with Crippen molar-refractivity contribution in [2.75, 3.05) is 14.2 Å². The van der Waals surface area contributed by atoms with Gasteiger partial charge in [0.25, 0.3) is 5.91 Å². The predicted octanol–water partition coefficient (Wildman–Crippen LogP) is 15.6. The number of carbonyl (C=O) groups is 4. The molecular weight excluding hydrogens is 1500 g/mol. The molecule has 0 aliphatic heterocycles. The number of hydroxylamine groups is 1. The fourth-order valence-electron chi connectivity index (χ4n) is 14.0. The average Bonchev–Trinajstić information content (AvgIpc) is 1.72. The summed E-state index contributed by atoms with van der Waals surface area (Å²) in [7, 11) is 2.68. The van der Waals surface area contributed by atoms with Crippen LogP contribution in [0.2, 0.25) is 0 Å². The summed E-state index contributed by atoms with van der Waals surface area (Å²) in [5.74, 6) is -4.62. The summed E-state index contributed by atoms with van der Waals surface area (Å²) < 4.78 is 122. The molecule has 4 aliphatic carbocycles. The van der Waals surface area contributed by atoms with Crippen molar-refractivity contribution in [2.45, 2.75) is 171 Å². The zero-order valence-electron chi connectivity index (χ0n) is 57.9. The molecule has 103 heavy (non-hydrogen) atoms. The Hall–Kier alpha value is -5.47. The minimum absolute atomic E-state index is 0. The Kier molecular flexibility index (Phi) is 41.6. The zero-order chi connectivity index (χ0) is 68.8. The van der Waals surface area contributed by atoms with Crippen molar-refractivity contribution in [2.24, 2.45) is 0 Å². The number of nitrogens with one attached hydrogen (secondary N) is 1. The number of hydrogen-bond acceptors (Lipinski definition) is 11. The number of aliphatic hydroxyl groups excluding tert-OH is 1. The van der Waals surface area contributed by atoms with Gasteiger partial charge in [0.2, 0.25) is 0 Å². The molecule has 4 N–H and O–H groups in total. The van der Waals surface area contributed by atoms with E-state index >= 15 is 0 Å². The van der Waals surface area contributed by atoms with Crippen LogP contribution in [0, 0.1) is 68.4 Å². The quantitative estimate of drug-likeness (QED) is 0.0293. The predicted molar refractivity (Wildman–Crippen MR) is 422 cm³/mol. The number of amides is 1. The first-order chi connectivity index (χ1) is 45.3. The number of aliphatic carboxylic acids is 1. The molecule has 13 nitrogen and oxygen atoms in total. The molecule has 0 saturated heterocycles. The summed E-state index contributed by atoms with van der Waals surface area (Å²) in [6.07, 6.45) is 4.50. The minimum Gasteiger partial charge on any atom is -0.481 e. The van der Waals surface area contributed by atoms with E-state index in [4.69, 9.17) is 23.7 Å². The largest absolute Gasteiger partial charge is 0.481 e. The Balaban J connectivity index is 0.00000132. The molecule has 8 atom stereocenters. The fourth-order valence-corrected chi connectivity index (χ4v) is 14.0. The van der Waals surface area contributed by atoms with Crippen molar-refractivity contribution in [1.29, 1.82) is 0 Å². The molecule has 0 heterocycles. The second-order valence-electron chi connectivity index (χ2n) is 25.0. The van der Waals surface area contributed by atoms with Crippen molar-refractivity contribution in [3.05, 3.63) is 248 Å². The monoisotopic (exact) mass is 1590 g/mol. The van der Waals surface area contributed by atoms with E-state index in [0.29, 0.717) is 141 Å². The second kappa shape index (κ2) is 44.0. The highest BCUT2D eigenvalue weighted by Gasteiger charge is 2.52. The van der Waals surface area contributed by atoms with Gasteiger partial charge in [-0.3, -0.25) is 24.4 Å². The fraction of sp³-hybridized carbons (Fsp3) is 0.387. The Labute approximate surface area is 654 Å². The lowest BCUT2D eigenvalue weighted by molar-refractivity contribution is -0.148. The maximum absolute atomic E-state index is 14.1. The van der Waals surface area contributed by atoms with Crippen LogP contribution in [-0.4, -0.2) is 77.9 Å². The van der Waals surface area contributed by atoms with Gasteiger partial charge in [0, 0.05) is 0 Å². The lowest BCUT2D eigenvalue weighted by Crippen LogP contribution is -2.42. The number of carbonyl (C=O) groups excluding carboxylic acids is 3. The Morgan fingerprint density at radius 3 is 0.951 bits per heavy atom. The highest BCUT2D eigenvalue weighted by molar-refractivity contribution is 7.60. The van der Waals surface area contributed by atoms with Crippen LogP contribution >= 0.6 is 108 Å². The molecule has 11 rings (SSSR count). The van der Waals surface area contributed by atoms with Gasteiger partial charge >= 0.3 is 17.9 Å². The molecule has 4 aliphatic rings. The van der Waals surface area contributed by atoms with Gasteiger partial charge in [-0.2, -0.15) is 108 Å². The molecule has 0 bridgehead atoms. The van der Waals surface area contributed by atoms with Crippen molar-refractivity contribution in [3.63, 3.8) is 0 Å². The molecule has 1 amide bonds. The van der Waals surface area contributed by atoms with E-state index < -0.39 is 51.4 Å². The molecule has 28 heteroatoms. The van der Waals surface area contributed by atoms with E-state index in [1.807, 2.05) is 0 Å². The normalized spacial score (nSPS) is 21.6. The topological polar surface area (TPSA) is 187 Å². The molecule has 570 valence electrons. The number of aliphatic hydroxyl groups is 1. The molecule has 0 aromatic heterocycles. The molecule has 0 spiro atoms. The van der Waals surface area contributed by atoms with E-state index in [1.165, 1.54) is 74.9 Å². The maximum Gasteiger partial charge on any atom is 0.316 e. The van der Waals surface area contributed by atoms with Crippen molar-refractivity contribution in [1.82, 2.24) is 5.48 Å². The number of halogens is 7. The number of hydrogen-bond donors (Lipinski definition) is 4. The third kappa shape index (κ3) is 23.0. The summed E-state index contributed by atoms with van der Waals surface area (Å²) in [5, 5.41) is 28.8. The summed E-state index contributed by atoms with van der Waals surface area (Å²) in [5.41, 5.74) is 4.39. The van der Waals surface area contributed by atoms with Crippen LogP contribution < -0.4 is 5.48 Å². The van der Waals surface area contributed by atoms with E-state index in [-0.39, 0.29) is 167 Å². The van der Waals surface area contributed by atoms with Crippen LogP contribution in [0.25, 0.3) is 0 Å². The van der Waals surface area contributed by atoms with Gasteiger partial charge in [0.15, 0.2) is 0 Å². The second-order valence-corrected chi connectivity index (χ2v) is 25.0. The van der Waals surface area contributed by atoms with Crippen LogP contribution in [-0.2, 0) is 84.3 Å². The molecule has 7 aromatic rings. The van der Waals surface area contributed by atoms with E-state index in [9.17, 15) is 65.3 Å². The number of carboxylic acids is 1. The van der Waals surface area contributed by atoms with Crippen LogP contribution in [0.1, 0.15) is 138 Å². The minimum atomic E-state index is -1.13. The molecule has 0 unspecified atom stereocenters. The molecule has 0 radical (unpaired) electrons. The third-order valence-corrected chi connectivity index (χ3v) is 19.3. The summed E-state index contributed by atoms with van der Waals surface area (Å²) in [6.45, 7) is 7.50. The smallest absolute Gasteiger partial charge is 0.316 e. The first-order valence-corrected chi connectivity index (χ1v) is 31.5. The van der Waals surface area contributed by atoms with Gasteiger partial charge < -0.3 is 33.9 Å². The number of methoxy groups -OCH3 is 2. The molecule has 7 aromatic carbocycles. The van der Waals surface area contributed by atoms with Gasteiger partial charge in [-0.1, -0.05) is 84.9 Å². The van der Waals surface area contributed by atoms with E-state index in [1.54, 1.807) is 118 Å². The van der Waals surface area contributed by atoms with E-state index in [0.717, 1.165) is 16.7 Å². The van der Waals surface area contributed by atoms with Crippen molar-refractivity contribution < 1.29 is 89.0 Å². The van der Waals surface area contributed by atoms with Crippen LogP contribution in [0.3, 0.4) is 0 Å². The number of esters is 2. The highest BCUT2D eigenvalue weighted by atomic mass is 32.1. The van der Waals surface area contributed by atoms with Gasteiger partial charge in [-0.25, -0.2) is 36.2 Å². The van der Waals surface area contributed by atoms with Crippen LogP contribution in [0.15, 0.2) is 146 Å². The first-order valence-electron chi connectivity index (χ1n) is 31.5.